The topological polar surface area (TPSA) is 82.1 Å². The van der Waals surface area contributed by atoms with Crippen molar-refractivity contribution in [1.82, 2.24) is 15.2 Å². The van der Waals surface area contributed by atoms with E-state index in [0.29, 0.717) is 37.6 Å². The lowest BCUT2D eigenvalue weighted by molar-refractivity contribution is -0.186. The molecule has 1 saturated carbocycles. The van der Waals surface area contributed by atoms with Gasteiger partial charge in [0.1, 0.15) is 5.71 Å². The maximum absolute atomic E-state index is 13.5. The molecule has 1 aromatic carbocycles. The van der Waals surface area contributed by atoms with Gasteiger partial charge in [0.2, 0.25) is 11.8 Å². The predicted molar refractivity (Wildman–Crippen MR) is 116 cm³/mol. The lowest BCUT2D eigenvalue weighted by Gasteiger charge is -2.61. The Morgan fingerprint density at radius 3 is 2.35 bits per heavy atom. The van der Waals surface area contributed by atoms with Crippen molar-refractivity contribution in [3.05, 3.63) is 35.9 Å². The van der Waals surface area contributed by atoms with Crippen molar-refractivity contribution in [3.8, 4) is 0 Å². The van der Waals surface area contributed by atoms with E-state index in [-0.39, 0.29) is 29.3 Å². The highest BCUT2D eigenvalue weighted by Gasteiger charge is 2.62. The van der Waals surface area contributed by atoms with Crippen molar-refractivity contribution < 1.29 is 14.4 Å². The van der Waals surface area contributed by atoms with Crippen molar-refractivity contribution in [2.45, 2.75) is 69.9 Å². The van der Waals surface area contributed by atoms with E-state index in [2.05, 4.69) is 39.7 Å². The summed E-state index contributed by atoms with van der Waals surface area (Å²) in [4.78, 5) is 41.5. The summed E-state index contributed by atoms with van der Waals surface area (Å²) in [7, 11) is 0. The zero-order valence-corrected chi connectivity index (χ0v) is 17.9. The van der Waals surface area contributed by atoms with E-state index in [1.165, 1.54) is 12.0 Å². The van der Waals surface area contributed by atoms with E-state index < -0.39 is 0 Å². The molecule has 7 heteroatoms. The van der Waals surface area contributed by atoms with Gasteiger partial charge in [0, 0.05) is 32.0 Å². The lowest BCUT2D eigenvalue weighted by atomic mass is 9.59. The van der Waals surface area contributed by atoms with E-state index in [1.807, 2.05) is 11.0 Å². The molecule has 4 aliphatic rings. The Morgan fingerprint density at radius 1 is 1.00 bits per heavy atom. The van der Waals surface area contributed by atoms with Crippen LogP contribution in [0.3, 0.4) is 0 Å². The minimum Gasteiger partial charge on any atom is -0.337 e. The third kappa shape index (κ3) is 3.44. The van der Waals surface area contributed by atoms with Crippen LogP contribution in [0.4, 0.5) is 0 Å². The van der Waals surface area contributed by atoms with Crippen LogP contribution >= 0.6 is 0 Å². The molecule has 7 nitrogen and oxygen atoms in total. The van der Waals surface area contributed by atoms with Gasteiger partial charge in [-0.25, -0.2) is 5.43 Å². The average Bonchev–Trinajstić information content (AvgIpc) is 2.83. The first kappa shape index (κ1) is 20.2. The van der Waals surface area contributed by atoms with Crippen LogP contribution in [-0.4, -0.2) is 52.4 Å². The van der Waals surface area contributed by atoms with E-state index in [9.17, 15) is 14.4 Å². The summed E-state index contributed by atoms with van der Waals surface area (Å²) in [6.45, 7) is 1.24. The smallest absolute Gasteiger partial charge is 0.270 e. The number of benzene rings is 1. The van der Waals surface area contributed by atoms with Crippen LogP contribution < -0.4 is 5.43 Å². The monoisotopic (exact) mass is 422 g/mol. The zero-order valence-electron chi connectivity index (χ0n) is 17.9. The van der Waals surface area contributed by atoms with Crippen LogP contribution in [-0.2, 0) is 14.4 Å². The van der Waals surface area contributed by atoms with Gasteiger partial charge in [-0.2, -0.15) is 5.10 Å². The molecule has 1 unspecified atom stereocenters. The van der Waals surface area contributed by atoms with Crippen molar-refractivity contribution in [1.29, 1.82) is 0 Å². The fourth-order valence-corrected chi connectivity index (χ4v) is 6.01. The SMILES string of the molecule is O=C1CCC(C(=O)N2CCC(N3C(=O)C4(CCCCC4)C3c3ccccc3)CC2)=NN1. The largest absolute Gasteiger partial charge is 0.337 e. The number of rotatable bonds is 3. The number of hydrogen-bond donors (Lipinski definition) is 1. The Balaban J connectivity index is 1.30. The molecular formula is C24H30N4O3. The normalized spacial score (nSPS) is 26.3. The van der Waals surface area contributed by atoms with Crippen molar-refractivity contribution in [2.75, 3.05) is 13.1 Å². The van der Waals surface area contributed by atoms with Gasteiger partial charge in [-0.1, -0.05) is 49.6 Å². The van der Waals surface area contributed by atoms with Gasteiger partial charge in [-0.15, -0.1) is 0 Å². The minimum atomic E-state index is -0.221. The van der Waals surface area contributed by atoms with Crippen LogP contribution in [0.15, 0.2) is 35.4 Å². The fraction of sp³-hybridized carbons (Fsp3) is 0.583. The van der Waals surface area contributed by atoms with Crippen LogP contribution in [0.2, 0.25) is 0 Å². The molecule has 1 aromatic rings. The number of piperidine rings is 1. The average molecular weight is 423 g/mol. The van der Waals surface area contributed by atoms with E-state index >= 15 is 0 Å². The molecule has 5 rings (SSSR count). The zero-order chi connectivity index (χ0) is 21.4. The molecule has 0 bridgehead atoms. The summed E-state index contributed by atoms with van der Waals surface area (Å²) in [5.41, 5.74) is 3.87. The molecule has 31 heavy (non-hydrogen) atoms. The Labute approximate surface area is 182 Å². The van der Waals surface area contributed by atoms with Crippen molar-refractivity contribution >= 4 is 23.4 Å². The first-order valence-corrected chi connectivity index (χ1v) is 11.6. The second-order valence-corrected chi connectivity index (χ2v) is 9.36. The molecule has 3 amide bonds. The number of hydrogen-bond acceptors (Lipinski definition) is 4. The highest BCUT2D eigenvalue weighted by atomic mass is 16.2. The van der Waals surface area contributed by atoms with Crippen LogP contribution in [0.1, 0.15) is 69.4 Å². The van der Waals surface area contributed by atoms with Crippen molar-refractivity contribution in [2.24, 2.45) is 10.5 Å². The molecule has 164 valence electrons. The molecule has 3 aliphatic heterocycles. The molecule has 1 atom stereocenters. The molecule has 0 aromatic heterocycles. The Kier molecular flexibility index (Phi) is 5.28. The van der Waals surface area contributed by atoms with Crippen LogP contribution in [0, 0.1) is 5.41 Å². The predicted octanol–water partition coefficient (Wildman–Crippen LogP) is 2.78. The van der Waals surface area contributed by atoms with Gasteiger partial charge >= 0.3 is 0 Å². The summed E-state index contributed by atoms with van der Waals surface area (Å²) >= 11 is 0. The summed E-state index contributed by atoms with van der Waals surface area (Å²) in [5.74, 6) is 0.0945. The number of carbonyl (C=O) groups excluding carboxylic acids is 3. The summed E-state index contributed by atoms with van der Waals surface area (Å²) in [5, 5.41) is 3.95. The van der Waals surface area contributed by atoms with E-state index in [1.54, 1.807) is 0 Å². The Bertz CT molecular complexity index is 899. The number of nitrogens with zero attached hydrogens (tertiary/aromatic N) is 3. The van der Waals surface area contributed by atoms with Crippen molar-refractivity contribution in [3.63, 3.8) is 0 Å². The first-order valence-electron chi connectivity index (χ1n) is 11.6. The third-order valence-electron chi connectivity index (χ3n) is 7.62. The summed E-state index contributed by atoms with van der Waals surface area (Å²) < 4.78 is 0. The molecule has 1 spiro atoms. The molecule has 0 radical (unpaired) electrons. The van der Waals surface area contributed by atoms with Crippen LogP contribution in [0.5, 0.6) is 0 Å². The van der Waals surface area contributed by atoms with Gasteiger partial charge in [0.05, 0.1) is 11.5 Å². The molecule has 2 saturated heterocycles. The molecule has 1 N–H and O–H groups in total. The highest BCUT2D eigenvalue weighted by molar-refractivity contribution is 6.39. The number of likely N-dealkylation sites (tertiary alicyclic amines) is 2. The highest BCUT2D eigenvalue weighted by Crippen LogP contribution is 2.59. The molecular weight excluding hydrogens is 392 g/mol. The molecule has 1 aliphatic carbocycles. The van der Waals surface area contributed by atoms with Gasteiger partial charge in [-0.05, 0) is 31.2 Å². The first-order chi connectivity index (χ1) is 15.1. The molecule has 3 fully saturated rings. The number of carbonyl (C=O) groups is 3. The van der Waals surface area contributed by atoms with E-state index in [0.717, 1.165) is 38.5 Å². The summed E-state index contributed by atoms with van der Waals surface area (Å²) in [6, 6.07) is 10.8. The summed E-state index contributed by atoms with van der Waals surface area (Å²) in [6.07, 6.45) is 7.75. The quantitative estimate of drug-likeness (QED) is 0.761. The number of β-lactam (4-membered cyclic amide) rings is 1. The number of hydrazone groups is 1. The third-order valence-corrected chi connectivity index (χ3v) is 7.62. The maximum atomic E-state index is 13.5. The van der Waals surface area contributed by atoms with Crippen LogP contribution in [0.25, 0.3) is 0 Å². The fourth-order valence-electron chi connectivity index (χ4n) is 6.01. The van der Waals surface area contributed by atoms with E-state index in [4.69, 9.17) is 0 Å². The second-order valence-electron chi connectivity index (χ2n) is 9.36. The van der Waals surface area contributed by atoms with Gasteiger partial charge in [-0.3, -0.25) is 14.4 Å². The second kappa shape index (κ2) is 8.09. The number of nitrogens with one attached hydrogen (secondary N) is 1. The lowest BCUT2D eigenvalue weighted by Crippen LogP contribution is -2.68. The number of amides is 3. The standard InChI is InChI=1S/C24H30N4O3/c29-20-10-9-19(25-26-20)22(30)27-15-11-18(12-16-27)28-21(17-7-3-1-4-8-17)24(23(28)31)13-5-2-6-14-24/h1,3-4,7-8,18,21H,2,5-6,9-16H2,(H,26,29). The van der Waals surface area contributed by atoms with Gasteiger partial charge in [0.25, 0.3) is 5.91 Å². The Hall–Kier alpha value is -2.70. The minimum absolute atomic E-state index is 0.0863. The Morgan fingerprint density at radius 2 is 1.71 bits per heavy atom. The maximum Gasteiger partial charge on any atom is 0.270 e. The van der Waals surface area contributed by atoms with Gasteiger partial charge < -0.3 is 9.80 Å². The molecule has 3 heterocycles. The van der Waals surface area contributed by atoms with Gasteiger partial charge in [0.15, 0.2) is 0 Å².